The van der Waals surface area contributed by atoms with Gasteiger partial charge in [0.25, 0.3) is 0 Å². The van der Waals surface area contributed by atoms with Crippen molar-refractivity contribution < 1.29 is 9.66 Å². The fourth-order valence-electron chi connectivity index (χ4n) is 2.16. The molecule has 1 aromatic rings. The van der Waals surface area contributed by atoms with Crippen LogP contribution in [0, 0.1) is 22.5 Å². The second kappa shape index (κ2) is 5.29. The highest BCUT2D eigenvalue weighted by Crippen LogP contribution is 2.33. The van der Waals surface area contributed by atoms with E-state index in [0.717, 1.165) is 13.1 Å². The van der Waals surface area contributed by atoms with E-state index in [-0.39, 0.29) is 11.4 Å². The molecule has 2 rings (SSSR count). The maximum absolute atomic E-state index is 11.0. The third kappa shape index (κ3) is 2.85. The molecule has 5 heteroatoms. The average Bonchev–Trinajstić information content (AvgIpc) is 2.42. The zero-order valence-electron chi connectivity index (χ0n) is 10.8. The van der Waals surface area contributed by atoms with Crippen molar-refractivity contribution >= 4 is 5.69 Å². The van der Waals surface area contributed by atoms with E-state index in [1.807, 2.05) is 7.05 Å². The predicted octanol–water partition coefficient (Wildman–Crippen LogP) is 2.07. The topological polar surface area (TPSA) is 55.6 Å². The minimum absolute atomic E-state index is 0.0453. The normalized spacial score (nSPS) is 18.5. The molecule has 0 aliphatic carbocycles. The van der Waals surface area contributed by atoms with Crippen molar-refractivity contribution in [3.63, 3.8) is 0 Å². The molecule has 1 saturated heterocycles. The Morgan fingerprint density at radius 3 is 2.63 bits per heavy atom. The number of terminal acetylenes is 1. The lowest BCUT2D eigenvalue weighted by molar-refractivity contribution is -0.386. The first-order chi connectivity index (χ1) is 9.06. The van der Waals surface area contributed by atoms with E-state index in [0.29, 0.717) is 12.8 Å². The van der Waals surface area contributed by atoms with Crippen LogP contribution in [-0.2, 0) is 0 Å². The van der Waals surface area contributed by atoms with Gasteiger partial charge in [0.1, 0.15) is 0 Å². The van der Waals surface area contributed by atoms with Crippen LogP contribution in [0.1, 0.15) is 12.8 Å². The van der Waals surface area contributed by atoms with Crippen molar-refractivity contribution in [2.24, 2.45) is 0 Å². The minimum atomic E-state index is -0.737. The second-order valence-corrected chi connectivity index (χ2v) is 4.77. The number of para-hydroxylation sites is 2. The van der Waals surface area contributed by atoms with Crippen LogP contribution in [0.5, 0.6) is 5.75 Å². The zero-order chi connectivity index (χ0) is 13.9. The molecular weight excluding hydrogens is 244 g/mol. The zero-order valence-corrected chi connectivity index (χ0v) is 10.8. The molecule has 5 nitrogen and oxygen atoms in total. The van der Waals surface area contributed by atoms with Crippen LogP contribution in [0.15, 0.2) is 24.3 Å². The Balaban J connectivity index is 2.24. The molecule has 0 saturated carbocycles. The Kier molecular flexibility index (Phi) is 3.72. The predicted molar refractivity (Wildman–Crippen MR) is 72.0 cm³/mol. The van der Waals surface area contributed by atoms with Gasteiger partial charge in [-0.15, -0.1) is 6.42 Å². The van der Waals surface area contributed by atoms with Gasteiger partial charge >= 0.3 is 5.69 Å². The summed E-state index contributed by atoms with van der Waals surface area (Å²) < 4.78 is 5.83. The van der Waals surface area contributed by atoms with E-state index < -0.39 is 10.5 Å². The van der Waals surface area contributed by atoms with Gasteiger partial charge in [-0.2, -0.15) is 0 Å². The Hall–Kier alpha value is -2.06. The Morgan fingerprint density at radius 1 is 1.42 bits per heavy atom. The van der Waals surface area contributed by atoms with Crippen LogP contribution in [0.25, 0.3) is 0 Å². The third-order valence-corrected chi connectivity index (χ3v) is 3.43. The standard InChI is InChI=1S/C14H16N2O3/c1-3-14(8-10-15(2)11-9-14)19-13-7-5-4-6-12(13)16(17)18/h1,4-7H,8-11H2,2H3. The Labute approximate surface area is 112 Å². The van der Waals surface area contributed by atoms with E-state index >= 15 is 0 Å². The monoisotopic (exact) mass is 260 g/mol. The summed E-state index contributed by atoms with van der Waals surface area (Å²) >= 11 is 0. The van der Waals surface area contributed by atoms with E-state index in [2.05, 4.69) is 10.8 Å². The Bertz CT molecular complexity index is 514. The smallest absolute Gasteiger partial charge is 0.310 e. The average molecular weight is 260 g/mol. The highest BCUT2D eigenvalue weighted by molar-refractivity contribution is 5.46. The van der Waals surface area contributed by atoms with Crippen molar-refractivity contribution in [3.8, 4) is 18.1 Å². The van der Waals surface area contributed by atoms with Crippen molar-refractivity contribution in [2.75, 3.05) is 20.1 Å². The van der Waals surface area contributed by atoms with Crippen LogP contribution >= 0.6 is 0 Å². The molecule has 1 heterocycles. The van der Waals surface area contributed by atoms with Crippen LogP contribution < -0.4 is 4.74 Å². The SMILES string of the molecule is C#CC1(Oc2ccccc2[N+](=O)[O-])CCN(C)CC1. The molecule has 1 aliphatic heterocycles. The number of nitro benzene ring substituents is 1. The summed E-state index contributed by atoms with van der Waals surface area (Å²) in [5, 5.41) is 11.0. The first kappa shape index (κ1) is 13.4. The van der Waals surface area contributed by atoms with Gasteiger partial charge in [0.15, 0.2) is 11.4 Å². The number of likely N-dealkylation sites (tertiary alicyclic amines) is 1. The number of hydrogen-bond acceptors (Lipinski definition) is 4. The summed E-state index contributed by atoms with van der Waals surface area (Å²) in [5.41, 5.74) is -0.783. The van der Waals surface area contributed by atoms with Crippen LogP contribution in [0.3, 0.4) is 0 Å². The highest BCUT2D eigenvalue weighted by Gasteiger charge is 2.35. The third-order valence-electron chi connectivity index (χ3n) is 3.43. The summed E-state index contributed by atoms with van der Waals surface area (Å²) in [6.45, 7) is 1.65. The van der Waals surface area contributed by atoms with Gasteiger partial charge < -0.3 is 9.64 Å². The summed E-state index contributed by atoms with van der Waals surface area (Å²) in [7, 11) is 2.02. The largest absolute Gasteiger partial charge is 0.467 e. The number of nitro groups is 1. The van der Waals surface area contributed by atoms with Gasteiger partial charge in [0.05, 0.1) is 4.92 Å². The molecule has 1 aromatic carbocycles. The molecule has 0 atom stereocenters. The lowest BCUT2D eigenvalue weighted by Crippen LogP contribution is -2.45. The molecule has 1 fully saturated rings. The van der Waals surface area contributed by atoms with Crippen molar-refractivity contribution in [1.29, 1.82) is 0 Å². The van der Waals surface area contributed by atoms with Crippen molar-refractivity contribution in [2.45, 2.75) is 18.4 Å². The molecule has 0 N–H and O–H groups in total. The lowest BCUT2D eigenvalue weighted by atomic mass is 9.92. The number of piperidine rings is 1. The number of rotatable bonds is 3. The van der Waals surface area contributed by atoms with Gasteiger partial charge in [0, 0.05) is 32.0 Å². The first-order valence-electron chi connectivity index (χ1n) is 6.15. The maximum atomic E-state index is 11.0. The molecule has 19 heavy (non-hydrogen) atoms. The van der Waals surface area contributed by atoms with Crippen LogP contribution in [0.4, 0.5) is 5.69 Å². The van der Waals surface area contributed by atoms with Crippen molar-refractivity contribution in [1.82, 2.24) is 4.90 Å². The number of benzene rings is 1. The van der Waals surface area contributed by atoms with E-state index in [1.54, 1.807) is 18.2 Å². The molecule has 100 valence electrons. The number of hydrogen-bond donors (Lipinski definition) is 0. The van der Waals surface area contributed by atoms with Gasteiger partial charge in [0.2, 0.25) is 0 Å². The van der Waals surface area contributed by atoms with E-state index in [4.69, 9.17) is 11.2 Å². The molecule has 0 bridgehead atoms. The van der Waals surface area contributed by atoms with Gasteiger partial charge in [-0.05, 0) is 13.1 Å². The summed E-state index contributed by atoms with van der Waals surface area (Å²) in [4.78, 5) is 12.7. The summed E-state index contributed by atoms with van der Waals surface area (Å²) in [5.74, 6) is 2.93. The molecule has 0 radical (unpaired) electrons. The van der Waals surface area contributed by atoms with E-state index in [1.165, 1.54) is 6.07 Å². The molecule has 0 unspecified atom stereocenters. The van der Waals surface area contributed by atoms with Gasteiger partial charge in [-0.1, -0.05) is 18.1 Å². The van der Waals surface area contributed by atoms with Crippen LogP contribution in [-0.4, -0.2) is 35.6 Å². The molecule has 1 aliphatic rings. The maximum Gasteiger partial charge on any atom is 0.310 e. The second-order valence-electron chi connectivity index (χ2n) is 4.77. The summed E-state index contributed by atoms with van der Waals surface area (Å²) in [6.07, 6.45) is 6.94. The number of ether oxygens (including phenoxy) is 1. The van der Waals surface area contributed by atoms with Gasteiger partial charge in [-0.25, -0.2) is 0 Å². The fraction of sp³-hybridized carbons (Fsp3) is 0.429. The van der Waals surface area contributed by atoms with Gasteiger partial charge in [-0.3, -0.25) is 10.1 Å². The minimum Gasteiger partial charge on any atom is -0.467 e. The molecule has 0 amide bonds. The molecule has 0 aromatic heterocycles. The Morgan fingerprint density at radius 2 is 2.05 bits per heavy atom. The first-order valence-corrected chi connectivity index (χ1v) is 6.15. The van der Waals surface area contributed by atoms with E-state index in [9.17, 15) is 10.1 Å². The molecular formula is C14H16N2O3. The van der Waals surface area contributed by atoms with Crippen molar-refractivity contribution in [3.05, 3.63) is 34.4 Å². The summed E-state index contributed by atoms with van der Waals surface area (Å²) in [6, 6.07) is 6.34. The molecule has 0 spiro atoms. The highest BCUT2D eigenvalue weighted by atomic mass is 16.6. The number of nitrogens with zero attached hydrogens (tertiary/aromatic N) is 2. The van der Waals surface area contributed by atoms with Crippen LogP contribution in [0.2, 0.25) is 0 Å². The lowest BCUT2D eigenvalue weighted by Gasteiger charge is -2.36. The fourth-order valence-corrected chi connectivity index (χ4v) is 2.16. The quantitative estimate of drug-likeness (QED) is 0.474.